The summed E-state index contributed by atoms with van der Waals surface area (Å²) < 4.78 is 0. The lowest BCUT2D eigenvalue weighted by Crippen LogP contribution is -2.38. The van der Waals surface area contributed by atoms with Gasteiger partial charge in [0.1, 0.15) is 0 Å². The number of nitrogens with one attached hydrogen (secondary N) is 1. The Morgan fingerprint density at radius 2 is 2.07 bits per heavy atom. The fourth-order valence-corrected chi connectivity index (χ4v) is 2.10. The predicted octanol–water partition coefficient (Wildman–Crippen LogP) is 2.78. The average molecular weight is 245 g/mol. The molecule has 1 aromatic rings. The second-order valence-electron chi connectivity index (χ2n) is 4.06. The Balaban J connectivity index is 2.05. The highest BCUT2D eigenvalue weighted by Crippen LogP contribution is 2.34. The summed E-state index contributed by atoms with van der Waals surface area (Å²) in [6.45, 7) is 0. The largest absolute Gasteiger partial charge is 0.271 e. The Kier molecular flexibility index (Phi) is 3.52. The molecule has 1 aromatic carbocycles. The van der Waals surface area contributed by atoms with Crippen LogP contribution in [0.2, 0.25) is 10.0 Å². The fraction of sp³-hybridized carbons (Fsp3) is 0.455. The molecule has 15 heavy (non-hydrogen) atoms. The van der Waals surface area contributed by atoms with Gasteiger partial charge in [-0.05, 0) is 42.9 Å². The smallest absolute Gasteiger partial charge is 0.0595 e. The summed E-state index contributed by atoms with van der Waals surface area (Å²) in [5, 5.41) is 1.21. The summed E-state index contributed by atoms with van der Waals surface area (Å²) in [5.74, 6) is 6.25. The second kappa shape index (κ2) is 4.71. The number of hydrazine groups is 1. The van der Waals surface area contributed by atoms with Crippen LogP contribution in [0.1, 0.15) is 18.4 Å². The van der Waals surface area contributed by atoms with Crippen molar-refractivity contribution in [3.05, 3.63) is 33.8 Å². The lowest BCUT2D eigenvalue weighted by atomic mass is 10.0. The summed E-state index contributed by atoms with van der Waals surface area (Å²) in [6.07, 6.45) is 3.46. The Morgan fingerprint density at radius 3 is 2.60 bits per heavy atom. The van der Waals surface area contributed by atoms with Crippen molar-refractivity contribution in [3.8, 4) is 0 Å². The number of hydrogen-bond acceptors (Lipinski definition) is 2. The second-order valence-corrected chi connectivity index (χ2v) is 4.88. The molecule has 1 fully saturated rings. The zero-order valence-corrected chi connectivity index (χ0v) is 9.85. The number of nitrogens with two attached hydrogens (primary N) is 1. The van der Waals surface area contributed by atoms with Crippen molar-refractivity contribution in [1.82, 2.24) is 5.43 Å². The van der Waals surface area contributed by atoms with E-state index in [1.165, 1.54) is 18.4 Å². The molecule has 1 unspecified atom stereocenters. The Hall–Kier alpha value is -0.280. The molecular formula is C11H14Cl2N2. The van der Waals surface area contributed by atoms with E-state index < -0.39 is 0 Å². The lowest BCUT2D eigenvalue weighted by molar-refractivity contribution is 0.472. The van der Waals surface area contributed by atoms with Gasteiger partial charge in [0.15, 0.2) is 0 Å². The Labute approximate surface area is 99.7 Å². The molecule has 1 atom stereocenters. The van der Waals surface area contributed by atoms with Crippen molar-refractivity contribution < 1.29 is 0 Å². The molecule has 0 bridgehead atoms. The van der Waals surface area contributed by atoms with Gasteiger partial charge >= 0.3 is 0 Å². The molecule has 4 heteroatoms. The summed E-state index contributed by atoms with van der Waals surface area (Å²) >= 11 is 11.8. The monoisotopic (exact) mass is 244 g/mol. The third-order valence-corrected chi connectivity index (χ3v) is 3.58. The van der Waals surface area contributed by atoms with E-state index in [0.717, 1.165) is 12.3 Å². The molecule has 0 heterocycles. The SMILES string of the molecule is NNC(Cc1ccc(Cl)c(Cl)c1)C1CC1. The zero-order chi connectivity index (χ0) is 10.8. The molecule has 0 saturated heterocycles. The molecule has 1 aliphatic carbocycles. The first-order chi connectivity index (χ1) is 7.20. The van der Waals surface area contributed by atoms with E-state index >= 15 is 0 Å². The van der Waals surface area contributed by atoms with E-state index in [0.29, 0.717) is 16.1 Å². The van der Waals surface area contributed by atoms with Crippen LogP contribution < -0.4 is 11.3 Å². The van der Waals surface area contributed by atoms with Gasteiger partial charge in [-0.1, -0.05) is 29.3 Å². The maximum atomic E-state index is 5.95. The van der Waals surface area contributed by atoms with E-state index in [2.05, 4.69) is 5.43 Å². The highest BCUT2D eigenvalue weighted by Gasteiger charge is 2.30. The van der Waals surface area contributed by atoms with Crippen LogP contribution in [-0.2, 0) is 6.42 Å². The third kappa shape index (κ3) is 2.85. The van der Waals surface area contributed by atoms with Crippen LogP contribution >= 0.6 is 23.2 Å². The van der Waals surface area contributed by atoms with Crippen LogP contribution in [0.25, 0.3) is 0 Å². The van der Waals surface area contributed by atoms with Crippen LogP contribution in [0.3, 0.4) is 0 Å². The van der Waals surface area contributed by atoms with Crippen LogP contribution in [0, 0.1) is 5.92 Å². The van der Waals surface area contributed by atoms with Crippen LogP contribution in [0.15, 0.2) is 18.2 Å². The molecule has 0 spiro atoms. The van der Waals surface area contributed by atoms with Gasteiger partial charge in [-0.3, -0.25) is 11.3 Å². The summed E-state index contributed by atoms with van der Waals surface area (Å²) in [4.78, 5) is 0. The molecule has 2 rings (SSSR count). The summed E-state index contributed by atoms with van der Waals surface area (Å²) in [5.41, 5.74) is 4.05. The van der Waals surface area contributed by atoms with Gasteiger partial charge in [-0.25, -0.2) is 0 Å². The maximum absolute atomic E-state index is 5.95. The van der Waals surface area contributed by atoms with E-state index in [9.17, 15) is 0 Å². The standard InChI is InChI=1S/C11H14Cl2N2/c12-9-4-1-7(5-10(9)13)6-11(15-14)8-2-3-8/h1,4-5,8,11,15H,2-3,6,14H2. The van der Waals surface area contributed by atoms with Crippen molar-refractivity contribution in [3.63, 3.8) is 0 Å². The molecule has 0 aliphatic heterocycles. The summed E-state index contributed by atoms with van der Waals surface area (Å²) in [6, 6.07) is 6.11. The fourth-order valence-electron chi connectivity index (χ4n) is 1.78. The van der Waals surface area contributed by atoms with E-state index in [4.69, 9.17) is 29.0 Å². The van der Waals surface area contributed by atoms with Crippen molar-refractivity contribution >= 4 is 23.2 Å². The van der Waals surface area contributed by atoms with Gasteiger partial charge in [-0.2, -0.15) is 0 Å². The quantitative estimate of drug-likeness (QED) is 0.632. The minimum Gasteiger partial charge on any atom is -0.271 e. The minimum atomic E-state index is 0.363. The number of rotatable bonds is 4. The minimum absolute atomic E-state index is 0.363. The molecule has 2 nitrogen and oxygen atoms in total. The zero-order valence-electron chi connectivity index (χ0n) is 8.34. The van der Waals surface area contributed by atoms with E-state index in [1.54, 1.807) is 0 Å². The van der Waals surface area contributed by atoms with E-state index in [1.807, 2.05) is 18.2 Å². The van der Waals surface area contributed by atoms with Crippen LogP contribution in [-0.4, -0.2) is 6.04 Å². The first-order valence-corrected chi connectivity index (χ1v) is 5.86. The summed E-state index contributed by atoms with van der Waals surface area (Å²) in [7, 11) is 0. The molecule has 0 amide bonds. The first kappa shape index (κ1) is 11.2. The average Bonchev–Trinajstić information content (AvgIpc) is 3.03. The topological polar surface area (TPSA) is 38.0 Å². The predicted molar refractivity (Wildman–Crippen MR) is 64.0 cm³/mol. The molecule has 82 valence electrons. The number of halogens is 2. The third-order valence-electron chi connectivity index (χ3n) is 2.84. The van der Waals surface area contributed by atoms with Gasteiger partial charge in [0, 0.05) is 6.04 Å². The molecule has 0 aromatic heterocycles. The normalized spacial score (nSPS) is 17.8. The van der Waals surface area contributed by atoms with Crippen molar-refractivity contribution in [2.75, 3.05) is 0 Å². The lowest BCUT2D eigenvalue weighted by Gasteiger charge is -2.15. The maximum Gasteiger partial charge on any atom is 0.0595 e. The Morgan fingerprint density at radius 1 is 1.33 bits per heavy atom. The number of benzene rings is 1. The van der Waals surface area contributed by atoms with Crippen LogP contribution in [0.4, 0.5) is 0 Å². The van der Waals surface area contributed by atoms with E-state index in [-0.39, 0.29) is 0 Å². The van der Waals surface area contributed by atoms with Crippen LogP contribution in [0.5, 0.6) is 0 Å². The molecule has 1 saturated carbocycles. The molecule has 3 N–H and O–H groups in total. The molecule has 0 radical (unpaired) electrons. The highest BCUT2D eigenvalue weighted by atomic mass is 35.5. The van der Waals surface area contributed by atoms with Gasteiger partial charge in [0.05, 0.1) is 10.0 Å². The van der Waals surface area contributed by atoms with Gasteiger partial charge in [-0.15, -0.1) is 0 Å². The highest BCUT2D eigenvalue weighted by molar-refractivity contribution is 6.42. The van der Waals surface area contributed by atoms with Crippen molar-refractivity contribution in [2.45, 2.75) is 25.3 Å². The van der Waals surface area contributed by atoms with Gasteiger partial charge in [0.25, 0.3) is 0 Å². The molecular weight excluding hydrogens is 231 g/mol. The Bertz CT molecular complexity index is 350. The number of hydrogen-bond donors (Lipinski definition) is 2. The molecule has 1 aliphatic rings. The van der Waals surface area contributed by atoms with Gasteiger partial charge < -0.3 is 0 Å². The van der Waals surface area contributed by atoms with Gasteiger partial charge in [0.2, 0.25) is 0 Å². The first-order valence-electron chi connectivity index (χ1n) is 5.10. The van der Waals surface area contributed by atoms with Crippen molar-refractivity contribution in [2.24, 2.45) is 11.8 Å². The van der Waals surface area contributed by atoms with Crippen molar-refractivity contribution in [1.29, 1.82) is 0 Å².